The van der Waals surface area contributed by atoms with Gasteiger partial charge in [0.15, 0.2) is 15.0 Å². The molecule has 0 bridgehead atoms. The summed E-state index contributed by atoms with van der Waals surface area (Å²) in [5.41, 5.74) is 5.12. The van der Waals surface area contributed by atoms with Gasteiger partial charge in [-0.05, 0) is 61.2 Å². The fraction of sp³-hybridized carbons (Fsp3) is 0.391. The standard InChI is InChI=1S/C23H27N3O3S2/c1-4-17-6-5-7-18(11-17)24-22(27)12-26(19-9-8-15(2)16(3)10-19)23-25-20-13-31(28,29)14-21(20)30-23/h5-11,20-21H,4,12-14H2,1-3H3,(H,24,27)/t20-,21-/m0/s1. The maximum atomic E-state index is 12.9. The maximum Gasteiger partial charge on any atom is 0.244 e. The second-order valence-electron chi connectivity index (χ2n) is 8.17. The number of nitrogens with zero attached hydrogens (tertiary/aromatic N) is 2. The third kappa shape index (κ3) is 4.96. The van der Waals surface area contributed by atoms with Crippen molar-refractivity contribution >= 4 is 44.0 Å². The second kappa shape index (κ2) is 8.67. The van der Waals surface area contributed by atoms with E-state index in [1.807, 2.05) is 61.2 Å². The number of aryl methyl sites for hydroxylation is 3. The van der Waals surface area contributed by atoms with Crippen LogP contribution in [-0.4, -0.2) is 48.8 Å². The maximum absolute atomic E-state index is 12.9. The molecular weight excluding hydrogens is 430 g/mol. The van der Waals surface area contributed by atoms with E-state index in [-0.39, 0.29) is 35.2 Å². The molecule has 6 nitrogen and oxygen atoms in total. The van der Waals surface area contributed by atoms with Gasteiger partial charge in [-0.1, -0.05) is 36.9 Å². The molecule has 0 aliphatic carbocycles. The van der Waals surface area contributed by atoms with Gasteiger partial charge in [0.2, 0.25) is 5.91 Å². The summed E-state index contributed by atoms with van der Waals surface area (Å²) in [6.45, 7) is 6.28. The van der Waals surface area contributed by atoms with Crippen LogP contribution in [0.5, 0.6) is 0 Å². The van der Waals surface area contributed by atoms with Crippen LogP contribution in [-0.2, 0) is 21.1 Å². The molecule has 0 saturated carbocycles. The smallest absolute Gasteiger partial charge is 0.244 e. The number of hydrogen-bond acceptors (Lipinski definition) is 6. The molecule has 2 aromatic rings. The fourth-order valence-corrected chi connectivity index (χ4v) is 7.63. The predicted molar refractivity (Wildman–Crippen MR) is 129 cm³/mol. The van der Waals surface area contributed by atoms with E-state index in [9.17, 15) is 13.2 Å². The summed E-state index contributed by atoms with van der Waals surface area (Å²) in [4.78, 5) is 19.6. The number of nitrogens with one attached hydrogen (secondary N) is 1. The van der Waals surface area contributed by atoms with Crippen molar-refractivity contribution in [3.63, 3.8) is 0 Å². The molecule has 0 radical (unpaired) electrons. The van der Waals surface area contributed by atoms with E-state index in [1.165, 1.54) is 17.3 Å². The molecule has 2 atom stereocenters. The molecule has 0 unspecified atom stereocenters. The number of anilines is 2. The number of carbonyl (C=O) groups is 1. The van der Waals surface area contributed by atoms with Gasteiger partial charge in [-0.15, -0.1) is 0 Å². The molecule has 2 aromatic carbocycles. The lowest BCUT2D eigenvalue weighted by atomic mass is 10.1. The first kappa shape index (κ1) is 21.9. The quantitative estimate of drug-likeness (QED) is 0.743. The first-order valence-electron chi connectivity index (χ1n) is 10.4. The van der Waals surface area contributed by atoms with Crippen molar-refractivity contribution in [1.29, 1.82) is 0 Å². The highest BCUT2D eigenvalue weighted by Crippen LogP contribution is 2.37. The number of sulfone groups is 1. The van der Waals surface area contributed by atoms with Crippen LogP contribution in [0, 0.1) is 13.8 Å². The van der Waals surface area contributed by atoms with E-state index in [4.69, 9.17) is 4.99 Å². The molecule has 8 heteroatoms. The second-order valence-corrected chi connectivity index (χ2v) is 11.5. The van der Waals surface area contributed by atoms with Crippen molar-refractivity contribution in [1.82, 2.24) is 0 Å². The molecule has 31 heavy (non-hydrogen) atoms. The van der Waals surface area contributed by atoms with E-state index in [1.54, 1.807) is 0 Å². The number of rotatable bonds is 5. The third-order valence-electron chi connectivity index (χ3n) is 5.76. The van der Waals surface area contributed by atoms with Crippen LogP contribution in [0.3, 0.4) is 0 Å². The Kier molecular flexibility index (Phi) is 6.12. The highest BCUT2D eigenvalue weighted by atomic mass is 32.2. The van der Waals surface area contributed by atoms with Crippen LogP contribution in [0.15, 0.2) is 47.5 Å². The minimum absolute atomic E-state index is 0.0710. The Bertz CT molecular complexity index is 1140. The molecule has 0 aromatic heterocycles. The Hall–Kier alpha value is -2.32. The molecule has 164 valence electrons. The van der Waals surface area contributed by atoms with E-state index in [0.29, 0.717) is 5.17 Å². The fourth-order valence-electron chi connectivity index (χ4n) is 3.85. The van der Waals surface area contributed by atoms with Gasteiger partial charge in [-0.25, -0.2) is 8.42 Å². The average molecular weight is 458 g/mol. The molecule has 2 aliphatic rings. The number of fused-ring (bicyclic) bond motifs is 1. The topological polar surface area (TPSA) is 78.8 Å². The molecule has 4 rings (SSSR count). The molecule has 1 amide bonds. The Morgan fingerprint density at radius 1 is 1.16 bits per heavy atom. The first-order valence-corrected chi connectivity index (χ1v) is 13.1. The molecule has 1 N–H and O–H groups in total. The van der Waals surface area contributed by atoms with Crippen LogP contribution in [0.1, 0.15) is 23.6 Å². The van der Waals surface area contributed by atoms with Gasteiger partial charge in [-0.2, -0.15) is 0 Å². The van der Waals surface area contributed by atoms with Crippen LogP contribution in [0.4, 0.5) is 11.4 Å². The van der Waals surface area contributed by atoms with Gasteiger partial charge in [0.25, 0.3) is 0 Å². The summed E-state index contributed by atoms with van der Waals surface area (Å²) in [6.07, 6.45) is 0.900. The first-order chi connectivity index (χ1) is 14.7. The highest BCUT2D eigenvalue weighted by molar-refractivity contribution is 8.15. The van der Waals surface area contributed by atoms with Crippen LogP contribution in [0.25, 0.3) is 0 Å². The highest BCUT2D eigenvalue weighted by Gasteiger charge is 2.44. The molecular formula is C23H27N3O3S2. The largest absolute Gasteiger partial charge is 0.325 e. The monoisotopic (exact) mass is 457 g/mol. The zero-order valence-electron chi connectivity index (χ0n) is 18.0. The molecule has 1 saturated heterocycles. The number of amides is 1. The van der Waals surface area contributed by atoms with Gasteiger partial charge < -0.3 is 10.2 Å². The number of benzene rings is 2. The number of carbonyl (C=O) groups excluding carboxylic acids is 1. The van der Waals surface area contributed by atoms with Crippen LogP contribution < -0.4 is 10.2 Å². The van der Waals surface area contributed by atoms with Gasteiger partial charge in [0.05, 0.1) is 17.5 Å². The van der Waals surface area contributed by atoms with Gasteiger partial charge in [0, 0.05) is 16.6 Å². The number of hydrogen-bond donors (Lipinski definition) is 1. The lowest BCUT2D eigenvalue weighted by Gasteiger charge is -2.25. The van der Waals surface area contributed by atoms with Crippen molar-refractivity contribution in [2.45, 2.75) is 38.5 Å². The lowest BCUT2D eigenvalue weighted by molar-refractivity contribution is -0.114. The van der Waals surface area contributed by atoms with E-state index in [0.717, 1.165) is 28.9 Å². The van der Waals surface area contributed by atoms with E-state index >= 15 is 0 Å². The summed E-state index contributed by atoms with van der Waals surface area (Å²) >= 11 is 1.47. The molecule has 2 aliphatic heterocycles. The summed E-state index contributed by atoms with van der Waals surface area (Å²) in [5.74, 6) is 0.0938. The zero-order valence-corrected chi connectivity index (χ0v) is 19.6. The summed E-state index contributed by atoms with van der Waals surface area (Å²) in [6, 6.07) is 13.7. The molecule has 0 spiro atoms. The Morgan fingerprint density at radius 3 is 2.68 bits per heavy atom. The Balaban J connectivity index is 1.58. The number of amidine groups is 1. The Morgan fingerprint density at radius 2 is 1.97 bits per heavy atom. The molecule has 2 heterocycles. The van der Waals surface area contributed by atoms with Crippen LogP contribution in [0.2, 0.25) is 0 Å². The minimum atomic E-state index is -3.03. The zero-order chi connectivity index (χ0) is 22.2. The average Bonchev–Trinajstić information content (AvgIpc) is 3.22. The van der Waals surface area contributed by atoms with Gasteiger partial charge in [-0.3, -0.25) is 9.79 Å². The lowest BCUT2D eigenvalue weighted by Crippen LogP contribution is -2.36. The normalized spacial score (nSPS) is 21.5. The Labute approximate surface area is 188 Å². The van der Waals surface area contributed by atoms with Crippen LogP contribution >= 0.6 is 11.8 Å². The predicted octanol–water partition coefficient (Wildman–Crippen LogP) is 3.58. The van der Waals surface area contributed by atoms with Crippen molar-refractivity contribution in [2.75, 3.05) is 28.3 Å². The van der Waals surface area contributed by atoms with Crippen molar-refractivity contribution in [3.8, 4) is 0 Å². The van der Waals surface area contributed by atoms with E-state index in [2.05, 4.69) is 12.2 Å². The third-order valence-corrected chi connectivity index (χ3v) is 9.01. The summed E-state index contributed by atoms with van der Waals surface area (Å²) < 4.78 is 23.9. The van der Waals surface area contributed by atoms with Crippen molar-refractivity contribution in [2.24, 2.45) is 4.99 Å². The number of aliphatic imine (C=N–C) groups is 1. The van der Waals surface area contributed by atoms with E-state index < -0.39 is 9.84 Å². The van der Waals surface area contributed by atoms with Crippen molar-refractivity contribution < 1.29 is 13.2 Å². The minimum Gasteiger partial charge on any atom is -0.325 e. The SMILES string of the molecule is CCc1cccc(NC(=O)CN(C2=N[C@H]3CS(=O)(=O)C[C@@H]3S2)c2ccc(C)c(C)c2)c1. The summed E-state index contributed by atoms with van der Waals surface area (Å²) in [7, 11) is -3.03. The molecule has 1 fully saturated rings. The van der Waals surface area contributed by atoms with Gasteiger partial charge in [0.1, 0.15) is 6.54 Å². The number of thioether (sulfide) groups is 1. The van der Waals surface area contributed by atoms with Crippen molar-refractivity contribution in [3.05, 3.63) is 59.2 Å². The van der Waals surface area contributed by atoms with Gasteiger partial charge >= 0.3 is 0 Å². The summed E-state index contributed by atoms with van der Waals surface area (Å²) in [5, 5.41) is 3.63.